The molecule has 80 valence electrons. The fourth-order valence-corrected chi connectivity index (χ4v) is 1.92. The van der Waals surface area contributed by atoms with Crippen molar-refractivity contribution in [2.75, 3.05) is 13.3 Å². The minimum Gasteiger partial charge on any atom is -0.383 e. The van der Waals surface area contributed by atoms with E-state index in [1.54, 1.807) is 11.8 Å². The highest BCUT2D eigenvalue weighted by atomic mass is 32.2. The Labute approximate surface area is 101 Å². The maximum atomic E-state index is 5.34. The Kier molecular flexibility index (Phi) is 4.85. The summed E-state index contributed by atoms with van der Waals surface area (Å²) in [5, 5.41) is 4.18. The van der Waals surface area contributed by atoms with Crippen LogP contribution in [0.5, 0.6) is 0 Å². The summed E-state index contributed by atoms with van der Waals surface area (Å²) >= 11 is 7.00. The van der Waals surface area contributed by atoms with Gasteiger partial charge in [-0.1, -0.05) is 42.0 Å². The first kappa shape index (κ1) is 12.3. The number of nitrogens with one attached hydrogen (secondary N) is 1. The minimum absolute atomic E-state index is 0.869. The molecule has 0 bridgehead atoms. The van der Waals surface area contributed by atoms with Crippen molar-refractivity contribution in [2.24, 2.45) is 0 Å². The third kappa shape index (κ3) is 3.68. The number of hydrogen-bond acceptors (Lipinski definition) is 3. The van der Waals surface area contributed by atoms with Gasteiger partial charge in [-0.3, -0.25) is 0 Å². The van der Waals surface area contributed by atoms with Gasteiger partial charge in [-0.05, 0) is 24.8 Å². The first-order valence-corrected chi connectivity index (χ1v) is 6.35. The lowest BCUT2D eigenvalue weighted by Crippen LogP contribution is -2.04. The van der Waals surface area contributed by atoms with Gasteiger partial charge in [0.25, 0.3) is 0 Å². The van der Waals surface area contributed by atoms with E-state index in [1.807, 2.05) is 19.4 Å². The summed E-state index contributed by atoms with van der Waals surface area (Å²) in [6.45, 7) is 2.07. The molecule has 0 saturated heterocycles. The Morgan fingerprint density at radius 2 is 1.93 bits per heavy atom. The molecule has 0 saturated carbocycles. The van der Waals surface area contributed by atoms with Gasteiger partial charge in [0.05, 0.1) is 5.03 Å². The smallest absolute Gasteiger partial charge is 0.0690 e. The molecule has 1 N–H and O–H groups in total. The van der Waals surface area contributed by atoms with Crippen molar-refractivity contribution >= 4 is 28.8 Å². The molecule has 0 aliphatic carbocycles. The van der Waals surface area contributed by atoms with E-state index in [1.165, 1.54) is 5.56 Å². The lowest BCUT2D eigenvalue weighted by Gasteiger charge is -2.04. The van der Waals surface area contributed by atoms with Gasteiger partial charge in [-0.15, -0.1) is 11.8 Å². The van der Waals surface area contributed by atoms with Crippen LogP contribution in [0.25, 0.3) is 0 Å². The zero-order chi connectivity index (χ0) is 11.3. The van der Waals surface area contributed by atoms with Gasteiger partial charge < -0.3 is 5.32 Å². The highest BCUT2D eigenvalue weighted by Gasteiger charge is 1.99. The second-order valence-electron chi connectivity index (χ2n) is 3.19. The van der Waals surface area contributed by atoms with Crippen LogP contribution < -0.4 is 5.32 Å². The molecule has 3 heteroatoms. The van der Waals surface area contributed by atoms with Crippen molar-refractivity contribution in [1.29, 1.82) is 0 Å². The standard InChI is InChI=1S/C12H15NS2/c1-9-4-6-10(7-5-9)11(14)8-12(13-2)15-3/h4-8,13H,1-3H3/b12-8+. The number of aryl methyl sites for hydroxylation is 1. The van der Waals surface area contributed by atoms with E-state index in [4.69, 9.17) is 12.2 Å². The summed E-state index contributed by atoms with van der Waals surface area (Å²) < 4.78 is 0. The van der Waals surface area contributed by atoms with Crippen LogP contribution in [-0.4, -0.2) is 18.2 Å². The second kappa shape index (κ2) is 5.93. The van der Waals surface area contributed by atoms with E-state index in [2.05, 4.69) is 36.5 Å². The monoisotopic (exact) mass is 237 g/mol. The van der Waals surface area contributed by atoms with Crippen LogP contribution in [0.4, 0.5) is 0 Å². The number of rotatable bonds is 4. The van der Waals surface area contributed by atoms with Gasteiger partial charge in [0.2, 0.25) is 0 Å². The summed E-state index contributed by atoms with van der Waals surface area (Å²) in [6, 6.07) is 8.27. The van der Waals surface area contributed by atoms with Crippen LogP contribution >= 0.6 is 24.0 Å². The first-order valence-electron chi connectivity index (χ1n) is 4.72. The summed E-state index contributed by atoms with van der Waals surface area (Å²) in [6.07, 6.45) is 4.02. The number of thioether (sulfide) groups is 1. The zero-order valence-corrected chi connectivity index (χ0v) is 10.8. The van der Waals surface area contributed by atoms with Gasteiger partial charge >= 0.3 is 0 Å². The molecule has 0 heterocycles. The SMILES string of the molecule is CN/C(=C\C(=S)c1ccc(C)cc1)SC. The Morgan fingerprint density at radius 1 is 1.33 bits per heavy atom. The molecule has 0 fully saturated rings. The average Bonchev–Trinajstić information content (AvgIpc) is 2.26. The maximum absolute atomic E-state index is 5.34. The van der Waals surface area contributed by atoms with Crippen LogP contribution in [-0.2, 0) is 0 Å². The Morgan fingerprint density at radius 3 is 2.40 bits per heavy atom. The average molecular weight is 237 g/mol. The normalized spacial score (nSPS) is 11.3. The molecule has 15 heavy (non-hydrogen) atoms. The summed E-state index contributed by atoms with van der Waals surface area (Å²) in [7, 11) is 1.90. The summed E-state index contributed by atoms with van der Waals surface area (Å²) in [5.41, 5.74) is 2.35. The van der Waals surface area contributed by atoms with Crippen molar-refractivity contribution in [3.8, 4) is 0 Å². The van der Waals surface area contributed by atoms with Crippen LogP contribution in [0.1, 0.15) is 11.1 Å². The fraction of sp³-hybridized carbons (Fsp3) is 0.250. The largest absolute Gasteiger partial charge is 0.383 e. The molecule has 0 aliphatic heterocycles. The minimum atomic E-state index is 0.869. The lowest BCUT2D eigenvalue weighted by molar-refractivity contribution is 1.08. The number of benzene rings is 1. The number of hydrogen-bond donors (Lipinski definition) is 1. The van der Waals surface area contributed by atoms with E-state index in [0.29, 0.717) is 0 Å². The number of allylic oxidation sites excluding steroid dienone is 1. The third-order valence-electron chi connectivity index (χ3n) is 2.06. The molecule has 0 atom stereocenters. The van der Waals surface area contributed by atoms with Crippen LogP contribution in [0.15, 0.2) is 35.4 Å². The predicted octanol–water partition coefficient (Wildman–Crippen LogP) is 3.14. The molecular formula is C12H15NS2. The molecule has 0 aromatic heterocycles. The van der Waals surface area contributed by atoms with Gasteiger partial charge in [-0.2, -0.15) is 0 Å². The lowest BCUT2D eigenvalue weighted by atomic mass is 10.1. The highest BCUT2D eigenvalue weighted by Crippen LogP contribution is 2.11. The van der Waals surface area contributed by atoms with E-state index in [0.717, 1.165) is 15.5 Å². The van der Waals surface area contributed by atoms with Crippen LogP contribution in [0.3, 0.4) is 0 Å². The Bertz CT molecular complexity index is 360. The topological polar surface area (TPSA) is 12.0 Å². The fourth-order valence-electron chi connectivity index (χ4n) is 1.15. The van der Waals surface area contributed by atoms with Crippen molar-refractivity contribution < 1.29 is 0 Å². The molecule has 0 spiro atoms. The quantitative estimate of drug-likeness (QED) is 0.491. The number of thiocarbonyl (C=S) groups is 1. The molecule has 0 amide bonds. The maximum Gasteiger partial charge on any atom is 0.0690 e. The van der Waals surface area contributed by atoms with Crippen molar-refractivity contribution in [3.05, 3.63) is 46.5 Å². The predicted molar refractivity (Wildman–Crippen MR) is 73.5 cm³/mol. The molecule has 1 rings (SSSR count). The van der Waals surface area contributed by atoms with E-state index >= 15 is 0 Å². The molecule has 0 aliphatic rings. The Balaban J connectivity index is 2.85. The van der Waals surface area contributed by atoms with Crippen molar-refractivity contribution in [1.82, 2.24) is 5.32 Å². The van der Waals surface area contributed by atoms with Gasteiger partial charge in [0.1, 0.15) is 0 Å². The molecule has 1 aromatic carbocycles. The zero-order valence-electron chi connectivity index (χ0n) is 9.20. The van der Waals surface area contributed by atoms with E-state index < -0.39 is 0 Å². The van der Waals surface area contributed by atoms with Crippen LogP contribution in [0.2, 0.25) is 0 Å². The molecule has 0 unspecified atom stereocenters. The molecule has 0 radical (unpaired) electrons. The second-order valence-corrected chi connectivity index (χ2v) is 4.48. The summed E-state index contributed by atoms with van der Waals surface area (Å²) in [4.78, 5) is 0.869. The van der Waals surface area contributed by atoms with Crippen LogP contribution in [0, 0.1) is 6.92 Å². The molecular weight excluding hydrogens is 222 g/mol. The first-order chi connectivity index (χ1) is 7.17. The van der Waals surface area contributed by atoms with Gasteiger partial charge in [-0.25, -0.2) is 0 Å². The molecule has 1 nitrogen and oxygen atoms in total. The molecule has 1 aromatic rings. The van der Waals surface area contributed by atoms with Gasteiger partial charge in [0, 0.05) is 11.9 Å². The van der Waals surface area contributed by atoms with E-state index in [9.17, 15) is 0 Å². The van der Waals surface area contributed by atoms with E-state index in [-0.39, 0.29) is 0 Å². The van der Waals surface area contributed by atoms with Gasteiger partial charge in [0.15, 0.2) is 0 Å². The highest BCUT2D eigenvalue weighted by molar-refractivity contribution is 8.02. The summed E-state index contributed by atoms with van der Waals surface area (Å²) in [5.74, 6) is 0. The third-order valence-corrected chi connectivity index (χ3v) is 3.18. The van der Waals surface area contributed by atoms with Crippen molar-refractivity contribution in [3.63, 3.8) is 0 Å². The Hall–Kier alpha value is -0.800. The van der Waals surface area contributed by atoms with Crippen molar-refractivity contribution in [2.45, 2.75) is 6.92 Å².